The first-order valence-electron chi connectivity index (χ1n) is 16.1. The maximum Gasteiger partial charge on any atom is 0.407 e. The Hall–Kier alpha value is -4.09. The van der Waals surface area contributed by atoms with Gasteiger partial charge in [-0.3, -0.25) is 9.78 Å². The summed E-state index contributed by atoms with van der Waals surface area (Å²) in [6, 6.07) is 19.8. The largest absolute Gasteiger partial charge is 0.444 e. The molecule has 4 aromatic rings. The second-order valence-electron chi connectivity index (χ2n) is 12.1. The number of nitrogens with zero attached hydrogens (tertiary/aromatic N) is 3. The summed E-state index contributed by atoms with van der Waals surface area (Å²) in [6.45, 7) is 5.07. The van der Waals surface area contributed by atoms with Gasteiger partial charge in [0.15, 0.2) is 0 Å². The molecule has 0 aliphatic carbocycles. The number of carbonyl (C=O) groups excluding carboxylic acids is 3. The summed E-state index contributed by atoms with van der Waals surface area (Å²) in [7, 11) is 1.73. The van der Waals surface area contributed by atoms with E-state index in [1.807, 2.05) is 53.9 Å². The van der Waals surface area contributed by atoms with Crippen molar-refractivity contribution in [1.29, 1.82) is 0 Å². The van der Waals surface area contributed by atoms with E-state index >= 15 is 0 Å². The number of carbonyl (C=O) groups is 3. The fraction of sp³-hybridized carbons (Fsp3) is 0.417. The predicted molar refractivity (Wildman–Crippen MR) is 188 cm³/mol. The number of amides is 3. The maximum absolute atomic E-state index is 13.2. The highest BCUT2D eigenvalue weighted by atomic mass is 32.1. The molecule has 0 saturated heterocycles. The van der Waals surface area contributed by atoms with Crippen LogP contribution in [0.4, 0.5) is 9.59 Å². The molecule has 3 amide bonds. The fourth-order valence-electron chi connectivity index (χ4n) is 5.29. The van der Waals surface area contributed by atoms with E-state index in [1.165, 1.54) is 16.9 Å². The van der Waals surface area contributed by atoms with Gasteiger partial charge in [0.25, 0.3) is 0 Å². The molecule has 2 atom stereocenters. The van der Waals surface area contributed by atoms with Gasteiger partial charge >= 0.3 is 12.1 Å². The van der Waals surface area contributed by atoms with Crippen molar-refractivity contribution in [3.05, 3.63) is 104 Å². The Kier molecular flexibility index (Phi) is 14.4. The second kappa shape index (κ2) is 18.9. The molecule has 0 unspecified atom stereocenters. The molecular formula is C36H45N5O4S2. The van der Waals surface area contributed by atoms with Crippen molar-refractivity contribution in [2.45, 2.75) is 77.5 Å². The molecule has 250 valence electrons. The first kappa shape index (κ1) is 35.8. The van der Waals surface area contributed by atoms with Crippen LogP contribution in [0.3, 0.4) is 0 Å². The number of alkyl carbamates (subject to hydrolysis) is 1. The molecular weight excluding hydrogens is 631 g/mol. The van der Waals surface area contributed by atoms with Gasteiger partial charge < -0.3 is 20.3 Å². The number of urea groups is 1. The molecule has 47 heavy (non-hydrogen) atoms. The van der Waals surface area contributed by atoms with E-state index in [0.29, 0.717) is 31.7 Å². The molecule has 2 heterocycles. The molecule has 2 aromatic carbocycles. The molecule has 0 spiro atoms. The molecule has 0 fully saturated rings. The lowest BCUT2D eigenvalue weighted by Gasteiger charge is -2.23. The van der Waals surface area contributed by atoms with E-state index in [-0.39, 0.29) is 43.3 Å². The highest BCUT2D eigenvalue weighted by molar-refractivity contribution is 7.09. The van der Waals surface area contributed by atoms with Crippen molar-refractivity contribution in [3.63, 3.8) is 0 Å². The highest BCUT2D eigenvalue weighted by Crippen LogP contribution is 2.22. The number of benzene rings is 2. The van der Waals surface area contributed by atoms with Crippen molar-refractivity contribution in [2.75, 3.05) is 13.6 Å². The molecule has 0 bridgehead atoms. The molecule has 2 N–H and O–H groups in total. The van der Waals surface area contributed by atoms with Gasteiger partial charge in [0.1, 0.15) is 12.4 Å². The topological polar surface area (TPSA) is 114 Å². The van der Waals surface area contributed by atoms with Crippen molar-refractivity contribution in [2.24, 2.45) is 5.92 Å². The van der Waals surface area contributed by atoms with Crippen LogP contribution in [0, 0.1) is 5.92 Å². The minimum Gasteiger partial charge on any atom is -0.444 e. The average Bonchev–Trinajstić information content (AvgIpc) is 3.76. The number of rotatable bonds is 18. The lowest BCUT2D eigenvalue weighted by atomic mass is 9.87. The third kappa shape index (κ3) is 12.9. The Morgan fingerprint density at radius 1 is 0.936 bits per heavy atom. The predicted octanol–water partition coefficient (Wildman–Crippen LogP) is 7.39. The monoisotopic (exact) mass is 675 g/mol. The third-order valence-electron chi connectivity index (χ3n) is 7.77. The zero-order valence-electron chi connectivity index (χ0n) is 27.4. The molecule has 0 aliphatic heterocycles. The second-order valence-corrected chi connectivity index (χ2v) is 14.0. The number of Topliss-reactive ketones (excluding diaryl/α,β-unsaturated/α-hetero) is 1. The van der Waals surface area contributed by atoms with Gasteiger partial charge in [-0.15, -0.1) is 22.7 Å². The summed E-state index contributed by atoms with van der Waals surface area (Å²) < 4.78 is 5.47. The normalized spacial score (nSPS) is 12.3. The summed E-state index contributed by atoms with van der Waals surface area (Å²) in [4.78, 5) is 49.8. The first-order chi connectivity index (χ1) is 22.7. The van der Waals surface area contributed by atoms with Crippen LogP contribution in [0.25, 0.3) is 0 Å². The SMILES string of the molecule is CC(C)c1nc(CN(C)C(=O)NCCC(=O)C[C@H](CC[C@H](Cc2ccccc2)NC(=O)OCc2cncs2)Cc2ccccc2)cs1. The lowest BCUT2D eigenvalue weighted by Crippen LogP contribution is -2.38. The van der Waals surface area contributed by atoms with E-state index in [2.05, 4.69) is 46.6 Å². The number of ether oxygens (including phenoxy) is 1. The Balaban J connectivity index is 1.31. The summed E-state index contributed by atoms with van der Waals surface area (Å²) in [6.07, 6.45) is 4.72. The van der Waals surface area contributed by atoms with Crippen LogP contribution in [-0.2, 0) is 35.5 Å². The van der Waals surface area contributed by atoms with Gasteiger partial charge in [-0.2, -0.15) is 0 Å². The zero-order valence-corrected chi connectivity index (χ0v) is 29.0. The fourth-order valence-corrected chi connectivity index (χ4v) is 6.62. The van der Waals surface area contributed by atoms with Crippen LogP contribution in [-0.4, -0.2) is 52.4 Å². The van der Waals surface area contributed by atoms with Gasteiger partial charge in [0.2, 0.25) is 0 Å². The quantitative estimate of drug-likeness (QED) is 0.114. The van der Waals surface area contributed by atoms with Crippen LogP contribution < -0.4 is 10.6 Å². The highest BCUT2D eigenvalue weighted by Gasteiger charge is 2.21. The van der Waals surface area contributed by atoms with E-state index in [9.17, 15) is 14.4 Å². The maximum atomic E-state index is 13.2. The van der Waals surface area contributed by atoms with Crippen molar-refractivity contribution in [1.82, 2.24) is 25.5 Å². The summed E-state index contributed by atoms with van der Waals surface area (Å²) >= 11 is 3.05. The standard InChI is InChI=1S/C36H45N5O4S2/c1-26(2)34-39-31(24-46-34)22-41(3)35(43)38-17-16-32(42)20-29(18-27-10-6-4-7-11-27)14-15-30(19-28-12-8-5-9-13-28)40-36(44)45-23-33-21-37-25-47-33/h4-13,21,24-26,29-30H,14-20,22-23H2,1-3H3,(H,38,43)(H,40,44)/t29-,30-/m1/s1. The van der Waals surface area contributed by atoms with Gasteiger partial charge in [-0.1, -0.05) is 74.5 Å². The Morgan fingerprint density at radius 2 is 1.64 bits per heavy atom. The minimum absolute atomic E-state index is 0.0800. The molecule has 0 radical (unpaired) electrons. The number of aromatic nitrogens is 2. The van der Waals surface area contributed by atoms with Crippen LogP contribution >= 0.6 is 22.7 Å². The zero-order chi connectivity index (χ0) is 33.4. The van der Waals surface area contributed by atoms with Crippen LogP contribution in [0.15, 0.2) is 77.8 Å². The van der Waals surface area contributed by atoms with E-state index < -0.39 is 6.09 Å². The summed E-state index contributed by atoms with van der Waals surface area (Å²) in [5.74, 6) is 0.537. The van der Waals surface area contributed by atoms with Gasteiger partial charge in [-0.25, -0.2) is 14.6 Å². The minimum atomic E-state index is -0.467. The Bertz CT molecular complexity index is 1510. The average molecular weight is 676 g/mol. The summed E-state index contributed by atoms with van der Waals surface area (Å²) in [5, 5.41) is 8.99. The molecule has 11 heteroatoms. The van der Waals surface area contributed by atoms with Crippen LogP contribution in [0.5, 0.6) is 0 Å². The van der Waals surface area contributed by atoms with Crippen LogP contribution in [0.2, 0.25) is 0 Å². The smallest absolute Gasteiger partial charge is 0.407 e. The summed E-state index contributed by atoms with van der Waals surface area (Å²) in [5.41, 5.74) is 4.86. The van der Waals surface area contributed by atoms with Crippen LogP contribution in [0.1, 0.15) is 72.2 Å². The molecule has 4 rings (SSSR count). The number of hydrogen-bond donors (Lipinski definition) is 2. The molecule has 2 aromatic heterocycles. The first-order valence-corrected chi connectivity index (χ1v) is 17.8. The number of thiazole rings is 2. The molecule has 9 nitrogen and oxygen atoms in total. The number of ketones is 1. The van der Waals surface area contributed by atoms with Gasteiger partial charge in [0.05, 0.1) is 27.6 Å². The Labute approximate surface area is 285 Å². The van der Waals surface area contributed by atoms with Gasteiger partial charge in [0, 0.05) is 50.0 Å². The van der Waals surface area contributed by atoms with Crippen molar-refractivity contribution in [3.8, 4) is 0 Å². The lowest BCUT2D eigenvalue weighted by molar-refractivity contribution is -0.119. The number of nitrogens with one attached hydrogen (secondary N) is 2. The Morgan fingerprint density at radius 3 is 2.28 bits per heavy atom. The number of hydrogen-bond acceptors (Lipinski definition) is 8. The molecule has 0 aliphatic rings. The molecule has 0 saturated carbocycles. The third-order valence-corrected chi connectivity index (χ3v) is 9.72. The van der Waals surface area contributed by atoms with E-state index in [4.69, 9.17) is 4.74 Å². The van der Waals surface area contributed by atoms with Crippen molar-refractivity contribution >= 4 is 40.6 Å². The van der Waals surface area contributed by atoms with E-state index in [0.717, 1.165) is 34.0 Å². The van der Waals surface area contributed by atoms with E-state index in [1.54, 1.807) is 35.0 Å². The van der Waals surface area contributed by atoms with Gasteiger partial charge in [-0.05, 0) is 42.7 Å². The van der Waals surface area contributed by atoms with Crippen molar-refractivity contribution < 1.29 is 19.1 Å².